The van der Waals surface area contributed by atoms with Gasteiger partial charge in [0.2, 0.25) is 6.79 Å². The van der Waals surface area contributed by atoms with Gasteiger partial charge >= 0.3 is 11.7 Å². The molecule has 4 heterocycles. The highest BCUT2D eigenvalue weighted by atomic mass is 32.1. The van der Waals surface area contributed by atoms with Crippen molar-refractivity contribution < 1.29 is 24.1 Å². The summed E-state index contributed by atoms with van der Waals surface area (Å²) in [7, 11) is 4.17. The van der Waals surface area contributed by atoms with E-state index in [0.717, 1.165) is 15.9 Å². The summed E-state index contributed by atoms with van der Waals surface area (Å²) < 4.78 is 18.0. The Labute approximate surface area is 190 Å². The first kappa shape index (κ1) is 20.9. The molecule has 0 bridgehead atoms. The Morgan fingerprint density at radius 2 is 1.91 bits per heavy atom. The van der Waals surface area contributed by atoms with Crippen LogP contribution >= 0.6 is 11.3 Å². The van der Waals surface area contributed by atoms with Crippen LogP contribution in [0.25, 0.3) is 32.7 Å². The van der Waals surface area contributed by atoms with E-state index in [0.29, 0.717) is 38.1 Å². The predicted octanol–water partition coefficient (Wildman–Crippen LogP) is 2.49. The van der Waals surface area contributed by atoms with Gasteiger partial charge in [0.1, 0.15) is 17.0 Å². The number of methoxy groups -OCH3 is 1. The SMILES string of the molecule is COC(=O)c1c(C)sc(-c2c(-c3ccc4c(c3)OCO4)[nH]c3c2c(=O)n(C)c(=O)n3C)c1O. The molecular weight excluding hydrogens is 450 g/mol. The van der Waals surface area contributed by atoms with Crippen molar-refractivity contribution in [1.82, 2.24) is 14.1 Å². The zero-order valence-corrected chi connectivity index (χ0v) is 19.0. The van der Waals surface area contributed by atoms with Crippen LogP contribution in [-0.2, 0) is 18.8 Å². The molecule has 33 heavy (non-hydrogen) atoms. The smallest absolute Gasteiger partial charge is 0.342 e. The number of aromatic amines is 1. The molecule has 11 heteroatoms. The molecule has 0 saturated carbocycles. The number of carbonyl (C=O) groups excluding carboxylic acids is 1. The van der Waals surface area contributed by atoms with Gasteiger partial charge in [-0.15, -0.1) is 11.3 Å². The molecule has 0 amide bonds. The summed E-state index contributed by atoms with van der Waals surface area (Å²) >= 11 is 1.15. The van der Waals surface area contributed by atoms with Gasteiger partial charge in [-0.25, -0.2) is 9.59 Å². The quantitative estimate of drug-likeness (QED) is 0.442. The van der Waals surface area contributed by atoms with Crippen LogP contribution in [0.15, 0.2) is 27.8 Å². The second-order valence-corrected chi connectivity index (χ2v) is 8.80. The third-order valence-electron chi connectivity index (χ3n) is 5.74. The second-order valence-electron chi connectivity index (χ2n) is 7.57. The lowest BCUT2D eigenvalue weighted by atomic mass is 10.0. The lowest BCUT2D eigenvalue weighted by Crippen LogP contribution is -2.36. The number of rotatable bonds is 3. The fraction of sp³-hybridized carbons (Fsp3) is 0.227. The van der Waals surface area contributed by atoms with Gasteiger partial charge in [-0.3, -0.25) is 13.9 Å². The first-order valence-electron chi connectivity index (χ1n) is 9.87. The molecule has 1 aromatic carbocycles. The number of aryl methyl sites for hydroxylation is 2. The van der Waals surface area contributed by atoms with Gasteiger partial charge < -0.3 is 24.3 Å². The lowest BCUT2D eigenvalue weighted by Gasteiger charge is -2.06. The molecule has 170 valence electrons. The zero-order valence-electron chi connectivity index (χ0n) is 18.1. The third-order valence-corrected chi connectivity index (χ3v) is 6.86. The number of nitrogens with one attached hydrogen (secondary N) is 1. The summed E-state index contributed by atoms with van der Waals surface area (Å²) in [6.45, 7) is 1.78. The number of hydrogen-bond acceptors (Lipinski definition) is 8. The van der Waals surface area contributed by atoms with Crippen LogP contribution in [0.4, 0.5) is 0 Å². The molecule has 0 unspecified atom stereocenters. The maximum Gasteiger partial charge on any atom is 0.342 e. The van der Waals surface area contributed by atoms with Crippen LogP contribution < -0.4 is 20.7 Å². The number of H-pyrrole nitrogens is 1. The fourth-order valence-corrected chi connectivity index (χ4v) is 5.16. The van der Waals surface area contributed by atoms with E-state index in [2.05, 4.69) is 4.98 Å². The van der Waals surface area contributed by atoms with E-state index in [1.807, 2.05) is 0 Å². The fourth-order valence-electron chi connectivity index (χ4n) is 4.06. The van der Waals surface area contributed by atoms with Crippen LogP contribution in [0.2, 0.25) is 0 Å². The molecular formula is C22H19N3O7S. The number of fused-ring (bicyclic) bond motifs is 2. The number of nitrogens with zero attached hydrogens (tertiary/aromatic N) is 2. The van der Waals surface area contributed by atoms with Gasteiger partial charge in [-0.2, -0.15) is 0 Å². The normalized spacial score (nSPS) is 12.5. The molecule has 0 fully saturated rings. The van der Waals surface area contributed by atoms with E-state index in [1.165, 1.54) is 18.7 Å². The van der Waals surface area contributed by atoms with Crippen LogP contribution in [0.1, 0.15) is 15.2 Å². The van der Waals surface area contributed by atoms with E-state index in [-0.39, 0.29) is 29.1 Å². The molecule has 5 rings (SSSR count). The van der Waals surface area contributed by atoms with Crippen molar-refractivity contribution in [3.05, 3.63) is 49.5 Å². The average molecular weight is 469 g/mol. The van der Waals surface area contributed by atoms with Gasteiger partial charge in [0.25, 0.3) is 5.56 Å². The van der Waals surface area contributed by atoms with E-state index in [9.17, 15) is 19.5 Å². The van der Waals surface area contributed by atoms with Crippen molar-refractivity contribution in [3.8, 4) is 38.9 Å². The minimum atomic E-state index is -0.683. The molecule has 0 aliphatic carbocycles. The van der Waals surface area contributed by atoms with Crippen molar-refractivity contribution in [2.45, 2.75) is 6.92 Å². The first-order valence-corrected chi connectivity index (χ1v) is 10.7. The van der Waals surface area contributed by atoms with Gasteiger partial charge in [-0.1, -0.05) is 0 Å². The summed E-state index contributed by atoms with van der Waals surface area (Å²) in [5.41, 5.74) is 0.789. The van der Waals surface area contributed by atoms with E-state index in [4.69, 9.17) is 14.2 Å². The minimum Gasteiger partial charge on any atom is -0.505 e. The van der Waals surface area contributed by atoms with Crippen LogP contribution in [0.3, 0.4) is 0 Å². The van der Waals surface area contributed by atoms with Crippen LogP contribution in [0.5, 0.6) is 17.2 Å². The van der Waals surface area contributed by atoms with Crippen molar-refractivity contribution in [1.29, 1.82) is 0 Å². The Morgan fingerprint density at radius 3 is 2.64 bits per heavy atom. The largest absolute Gasteiger partial charge is 0.505 e. The molecule has 1 aliphatic heterocycles. The number of esters is 1. The Morgan fingerprint density at radius 1 is 1.18 bits per heavy atom. The van der Waals surface area contributed by atoms with Gasteiger partial charge in [0, 0.05) is 30.1 Å². The standard InChI is InChI=1S/C22H19N3O7S/c1-9-13(21(28)30-4)17(26)18(33-9)14-15-19(24(2)22(29)25(3)20(15)27)23-16(14)10-5-6-11-12(7-10)32-8-31-11/h5-7,23,26H,8H2,1-4H3. The molecule has 0 saturated heterocycles. The van der Waals surface area contributed by atoms with Crippen molar-refractivity contribution >= 4 is 28.3 Å². The molecule has 1 aliphatic rings. The molecule has 0 atom stereocenters. The van der Waals surface area contributed by atoms with E-state index in [1.54, 1.807) is 32.2 Å². The highest BCUT2D eigenvalue weighted by molar-refractivity contribution is 7.16. The van der Waals surface area contributed by atoms with Gasteiger partial charge in [0.15, 0.2) is 11.5 Å². The van der Waals surface area contributed by atoms with Crippen molar-refractivity contribution in [2.24, 2.45) is 14.1 Å². The second kappa shape index (κ2) is 7.27. The first-order chi connectivity index (χ1) is 15.7. The summed E-state index contributed by atoms with van der Waals surface area (Å²) in [6, 6.07) is 5.27. The number of thiophene rings is 1. The number of carbonyl (C=O) groups is 1. The van der Waals surface area contributed by atoms with E-state index < -0.39 is 17.2 Å². The van der Waals surface area contributed by atoms with Crippen LogP contribution in [0, 0.1) is 6.92 Å². The molecule has 10 nitrogen and oxygen atoms in total. The van der Waals surface area contributed by atoms with Crippen molar-refractivity contribution in [2.75, 3.05) is 13.9 Å². The Hall–Kier alpha value is -3.99. The molecule has 4 aromatic rings. The summed E-state index contributed by atoms with van der Waals surface area (Å²) in [6.07, 6.45) is 0. The predicted molar refractivity (Wildman–Crippen MR) is 121 cm³/mol. The van der Waals surface area contributed by atoms with E-state index >= 15 is 0 Å². The molecule has 3 aromatic heterocycles. The molecule has 0 spiro atoms. The highest BCUT2D eigenvalue weighted by Crippen LogP contribution is 2.48. The summed E-state index contributed by atoms with van der Waals surface area (Å²) in [4.78, 5) is 42.1. The van der Waals surface area contributed by atoms with Gasteiger partial charge in [-0.05, 0) is 25.1 Å². The number of aromatic hydroxyl groups is 1. The Balaban J connectivity index is 1.92. The zero-order chi connectivity index (χ0) is 23.6. The number of benzene rings is 1. The molecule has 2 N–H and O–H groups in total. The Bertz CT molecular complexity index is 1590. The third kappa shape index (κ3) is 2.89. The van der Waals surface area contributed by atoms with Crippen molar-refractivity contribution in [3.63, 3.8) is 0 Å². The van der Waals surface area contributed by atoms with Gasteiger partial charge in [0.05, 0.1) is 23.1 Å². The molecule has 0 radical (unpaired) electrons. The summed E-state index contributed by atoms with van der Waals surface area (Å²) in [5, 5.41) is 11.2. The average Bonchev–Trinajstić information content (AvgIpc) is 3.50. The maximum absolute atomic E-state index is 13.2. The number of hydrogen-bond donors (Lipinski definition) is 2. The van der Waals surface area contributed by atoms with Crippen LogP contribution in [-0.4, -0.2) is 39.1 Å². The maximum atomic E-state index is 13.2. The monoisotopic (exact) mass is 469 g/mol. The Kier molecular flexibility index (Phi) is 4.60. The topological polar surface area (TPSA) is 125 Å². The lowest BCUT2D eigenvalue weighted by molar-refractivity contribution is 0.0597. The number of aromatic nitrogens is 3. The minimum absolute atomic E-state index is 0.0325. The summed E-state index contributed by atoms with van der Waals surface area (Å²) in [5.74, 6) is 0.142. The number of ether oxygens (including phenoxy) is 3. The highest BCUT2D eigenvalue weighted by Gasteiger charge is 2.29.